The number of nitrogens with zero attached hydrogens (tertiary/aromatic N) is 4. The van der Waals surface area contributed by atoms with E-state index in [4.69, 9.17) is 0 Å². The standard InChI is InChI=1S/C14H23N5/c1-14(2,3)17-10-13-9-16-12-19(13)7-4-6-18-8-5-15-11-18/h5,8-9,11-12,17H,4,6-7,10H2,1-3H3. The lowest BCUT2D eigenvalue weighted by atomic mass is 10.1. The highest BCUT2D eigenvalue weighted by Crippen LogP contribution is 2.05. The summed E-state index contributed by atoms with van der Waals surface area (Å²) >= 11 is 0. The van der Waals surface area contributed by atoms with Crippen molar-refractivity contribution in [1.29, 1.82) is 0 Å². The monoisotopic (exact) mass is 261 g/mol. The van der Waals surface area contributed by atoms with E-state index in [9.17, 15) is 0 Å². The Morgan fingerprint density at radius 2 is 2.00 bits per heavy atom. The van der Waals surface area contributed by atoms with Gasteiger partial charge in [-0.05, 0) is 27.2 Å². The Kier molecular flexibility index (Phi) is 4.37. The minimum absolute atomic E-state index is 0.131. The van der Waals surface area contributed by atoms with Crippen molar-refractivity contribution in [2.45, 2.75) is 52.4 Å². The second-order valence-corrected chi connectivity index (χ2v) is 5.84. The molecule has 2 rings (SSSR count). The van der Waals surface area contributed by atoms with E-state index < -0.39 is 0 Å². The molecule has 2 aromatic heterocycles. The summed E-state index contributed by atoms with van der Waals surface area (Å²) in [4.78, 5) is 8.29. The van der Waals surface area contributed by atoms with Crippen LogP contribution in [-0.2, 0) is 19.6 Å². The highest BCUT2D eigenvalue weighted by atomic mass is 15.1. The van der Waals surface area contributed by atoms with Crippen molar-refractivity contribution in [2.75, 3.05) is 0 Å². The maximum absolute atomic E-state index is 4.24. The van der Waals surface area contributed by atoms with Gasteiger partial charge < -0.3 is 14.5 Å². The molecule has 5 nitrogen and oxygen atoms in total. The van der Waals surface area contributed by atoms with Crippen LogP contribution in [0.15, 0.2) is 31.2 Å². The van der Waals surface area contributed by atoms with Crippen molar-refractivity contribution in [3.05, 3.63) is 36.9 Å². The lowest BCUT2D eigenvalue weighted by Crippen LogP contribution is -2.35. The van der Waals surface area contributed by atoms with Crippen LogP contribution in [0.1, 0.15) is 32.9 Å². The Bertz CT molecular complexity index is 478. The van der Waals surface area contributed by atoms with Gasteiger partial charge >= 0.3 is 0 Å². The van der Waals surface area contributed by atoms with Crippen LogP contribution >= 0.6 is 0 Å². The van der Waals surface area contributed by atoms with Crippen LogP contribution in [-0.4, -0.2) is 24.6 Å². The first-order chi connectivity index (χ1) is 9.04. The molecule has 19 heavy (non-hydrogen) atoms. The third-order valence-corrected chi connectivity index (χ3v) is 2.97. The van der Waals surface area contributed by atoms with E-state index in [1.165, 1.54) is 5.69 Å². The van der Waals surface area contributed by atoms with Crippen LogP contribution in [0.4, 0.5) is 0 Å². The zero-order valence-corrected chi connectivity index (χ0v) is 12.0. The van der Waals surface area contributed by atoms with Crippen LogP contribution in [0.5, 0.6) is 0 Å². The summed E-state index contributed by atoms with van der Waals surface area (Å²) in [6.45, 7) is 9.35. The van der Waals surface area contributed by atoms with Crippen LogP contribution in [0.25, 0.3) is 0 Å². The minimum atomic E-state index is 0.131. The zero-order chi connectivity index (χ0) is 13.7. The third-order valence-electron chi connectivity index (χ3n) is 2.97. The Morgan fingerprint density at radius 3 is 2.68 bits per heavy atom. The van der Waals surface area contributed by atoms with E-state index in [-0.39, 0.29) is 5.54 Å². The van der Waals surface area contributed by atoms with Crippen molar-refractivity contribution in [3.63, 3.8) is 0 Å². The first-order valence-corrected chi connectivity index (χ1v) is 6.74. The van der Waals surface area contributed by atoms with Crippen molar-refractivity contribution in [1.82, 2.24) is 24.4 Å². The number of hydrogen-bond acceptors (Lipinski definition) is 3. The highest BCUT2D eigenvalue weighted by Gasteiger charge is 2.10. The van der Waals surface area contributed by atoms with Gasteiger partial charge in [-0.1, -0.05) is 0 Å². The maximum atomic E-state index is 4.24. The van der Waals surface area contributed by atoms with Gasteiger partial charge in [0.15, 0.2) is 0 Å². The maximum Gasteiger partial charge on any atom is 0.0948 e. The Balaban J connectivity index is 1.82. The molecule has 0 radical (unpaired) electrons. The molecule has 0 fully saturated rings. The van der Waals surface area contributed by atoms with Gasteiger partial charge in [0.1, 0.15) is 0 Å². The first-order valence-electron chi connectivity index (χ1n) is 6.74. The molecule has 104 valence electrons. The first kappa shape index (κ1) is 13.8. The van der Waals surface area contributed by atoms with Gasteiger partial charge in [0.05, 0.1) is 18.3 Å². The smallest absolute Gasteiger partial charge is 0.0948 e. The van der Waals surface area contributed by atoms with Crippen LogP contribution in [0.2, 0.25) is 0 Å². The molecule has 0 atom stereocenters. The van der Waals surface area contributed by atoms with Gasteiger partial charge in [-0.15, -0.1) is 0 Å². The molecule has 1 N–H and O–H groups in total. The SMILES string of the molecule is CC(C)(C)NCc1cncn1CCCn1ccnc1. The average Bonchev–Trinajstić information content (AvgIpc) is 2.96. The second kappa shape index (κ2) is 6.02. The van der Waals surface area contributed by atoms with Crippen LogP contribution < -0.4 is 5.32 Å². The molecule has 0 bridgehead atoms. The third kappa shape index (κ3) is 4.52. The molecule has 0 saturated carbocycles. The molecule has 0 amide bonds. The number of nitrogens with one attached hydrogen (secondary N) is 1. The summed E-state index contributed by atoms with van der Waals surface area (Å²) in [6, 6.07) is 0. The Labute approximate surface area is 114 Å². The Morgan fingerprint density at radius 1 is 1.16 bits per heavy atom. The Hall–Kier alpha value is -1.62. The van der Waals surface area contributed by atoms with Gasteiger partial charge in [-0.3, -0.25) is 0 Å². The summed E-state index contributed by atoms with van der Waals surface area (Å²) in [5, 5.41) is 3.49. The quantitative estimate of drug-likeness (QED) is 0.866. The lowest BCUT2D eigenvalue weighted by molar-refractivity contribution is 0.413. The molecule has 2 aromatic rings. The number of imidazole rings is 2. The van der Waals surface area contributed by atoms with E-state index in [1.54, 1.807) is 0 Å². The second-order valence-electron chi connectivity index (χ2n) is 5.84. The molecule has 5 heteroatoms. The number of aryl methyl sites for hydroxylation is 2. The van der Waals surface area contributed by atoms with E-state index in [0.717, 1.165) is 26.1 Å². The molecule has 0 saturated heterocycles. The molecule has 2 heterocycles. The minimum Gasteiger partial charge on any atom is -0.337 e. The van der Waals surface area contributed by atoms with Crippen molar-refractivity contribution in [3.8, 4) is 0 Å². The summed E-state index contributed by atoms with van der Waals surface area (Å²) in [7, 11) is 0. The van der Waals surface area contributed by atoms with Crippen molar-refractivity contribution in [2.24, 2.45) is 0 Å². The number of hydrogen-bond donors (Lipinski definition) is 1. The number of aromatic nitrogens is 4. The van der Waals surface area contributed by atoms with E-state index in [0.29, 0.717) is 0 Å². The molecule has 0 unspecified atom stereocenters. The van der Waals surface area contributed by atoms with Crippen LogP contribution in [0, 0.1) is 0 Å². The van der Waals surface area contributed by atoms with E-state index >= 15 is 0 Å². The predicted octanol–water partition coefficient (Wildman–Crippen LogP) is 2.06. The summed E-state index contributed by atoms with van der Waals surface area (Å²) in [6.07, 6.45) is 10.6. The molecule has 0 aliphatic carbocycles. The van der Waals surface area contributed by atoms with Gasteiger partial charge in [0.2, 0.25) is 0 Å². The fraction of sp³-hybridized carbons (Fsp3) is 0.571. The highest BCUT2D eigenvalue weighted by molar-refractivity contribution is 4.98. The van der Waals surface area contributed by atoms with Gasteiger partial charge in [0, 0.05) is 43.8 Å². The van der Waals surface area contributed by atoms with Gasteiger partial charge in [-0.25, -0.2) is 9.97 Å². The van der Waals surface area contributed by atoms with E-state index in [1.807, 2.05) is 31.2 Å². The topological polar surface area (TPSA) is 47.7 Å². The lowest BCUT2D eigenvalue weighted by Gasteiger charge is -2.21. The molecule has 0 aromatic carbocycles. The van der Waals surface area contributed by atoms with Crippen molar-refractivity contribution < 1.29 is 0 Å². The molecule has 0 spiro atoms. The van der Waals surface area contributed by atoms with Crippen molar-refractivity contribution >= 4 is 0 Å². The fourth-order valence-corrected chi connectivity index (χ4v) is 1.90. The summed E-state index contributed by atoms with van der Waals surface area (Å²) in [5.74, 6) is 0. The fourth-order valence-electron chi connectivity index (χ4n) is 1.90. The summed E-state index contributed by atoms with van der Waals surface area (Å²) < 4.78 is 4.32. The molecule has 0 aliphatic heterocycles. The zero-order valence-electron chi connectivity index (χ0n) is 12.0. The normalized spacial score (nSPS) is 11.9. The predicted molar refractivity (Wildman–Crippen MR) is 75.7 cm³/mol. The largest absolute Gasteiger partial charge is 0.337 e. The number of rotatable bonds is 6. The van der Waals surface area contributed by atoms with Gasteiger partial charge in [-0.2, -0.15) is 0 Å². The molecular weight excluding hydrogens is 238 g/mol. The summed E-state index contributed by atoms with van der Waals surface area (Å²) in [5.41, 5.74) is 1.37. The molecular formula is C14H23N5. The van der Waals surface area contributed by atoms with Crippen LogP contribution in [0.3, 0.4) is 0 Å². The average molecular weight is 261 g/mol. The van der Waals surface area contributed by atoms with E-state index in [2.05, 4.69) is 45.2 Å². The molecule has 0 aliphatic rings. The van der Waals surface area contributed by atoms with Gasteiger partial charge in [0.25, 0.3) is 0 Å².